The number of carbonyl (C=O) groups excluding carboxylic acids is 1. The van der Waals surface area contributed by atoms with E-state index in [9.17, 15) is 4.79 Å². The van der Waals surface area contributed by atoms with Gasteiger partial charge in [-0.2, -0.15) is 0 Å². The van der Waals surface area contributed by atoms with E-state index in [0.717, 1.165) is 43.8 Å². The van der Waals surface area contributed by atoms with Gasteiger partial charge in [-0.05, 0) is 37.9 Å². The van der Waals surface area contributed by atoms with E-state index in [1.165, 1.54) is 0 Å². The van der Waals surface area contributed by atoms with Crippen LogP contribution < -0.4 is 15.4 Å². The SMILES string of the molecule is CCCOc1cccc(NC(=O)[C@H]2CCCNC2)c1. The van der Waals surface area contributed by atoms with Crippen LogP contribution in [0.3, 0.4) is 0 Å². The second-order valence-corrected chi connectivity index (χ2v) is 4.91. The monoisotopic (exact) mass is 262 g/mol. The van der Waals surface area contributed by atoms with Crippen molar-refractivity contribution in [2.24, 2.45) is 5.92 Å². The molecule has 1 saturated heterocycles. The molecule has 4 nitrogen and oxygen atoms in total. The van der Waals surface area contributed by atoms with Crippen LogP contribution in [0, 0.1) is 5.92 Å². The number of nitrogens with one attached hydrogen (secondary N) is 2. The fraction of sp³-hybridized carbons (Fsp3) is 0.533. The summed E-state index contributed by atoms with van der Waals surface area (Å²) in [6, 6.07) is 7.59. The highest BCUT2D eigenvalue weighted by molar-refractivity contribution is 5.92. The predicted molar refractivity (Wildman–Crippen MR) is 76.5 cm³/mol. The van der Waals surface area contributed by atoms with Gasteiger partial charge in [-0.1, -0.05) is 13.0 Å². The van der Waals surface area contributed by atoms with E-state index in [0.29, 0.717) is 6.61 Å². The lowest BCUT2D eigenvalue weighted by Gasteiger charge is -2.22. The highest BCUT2D eigenvalue weighted by Gasteiger charge is 2.20. The summed E-state index contributed by atoms with van der Waals surface area (Å²) in [5.74, 6) is 0.982. The van der Waals surface area contributed by atoms with Gasteiger partial charge in [-0.15, -0.1) is 0 Å². The molecular weight excluding hydrogens is 240 g/mol. The summed E-state index contributed by atoms with van der Waals surface area (Å²) < 4.78 is 5.56. The third kappa shape index (κ3) is 4.24. The van der Waals surface area contributed by atoms with E-state index >= 15 is 0 Å². The molecule has 2 N–H and O–H groups in total. The van der Waals surface area contributed by atoms with Crippen molar-refractivity contribution in [1.82, 2.24) is 5.32 Å². The molecule has 1 aliphatic rings. The number of ether oxygens (including phenoxy) is 1. The Morgan fingerprint density at radius 3 is 3.16 bits per heavy atom. The Kier molecular flexibility index (Phi) is 5.21. The number of hydrogen-bond acceptors (Lipinski definition) is 3. The highest BCUT2D eigenvalue weighted by Crippen LogP contribution is 2.19. The van der Waals surface area contributed by atoms with E-state index in [1.807, 2.05) is 24.3 Å². The number of amides is 1. The van der Waals surface area contributed by atoms with Crippen molar-refractivity contribution < 1.29 is 9.53 Å². The van der Waals surface area contributed by atoms with Gasteiger partial charge in [-0.25, -0.2) is 0 Å². The van der Waals surface area contributed by atoms with Crippen LogP contribution in [0.5, 0.6) is 5.75 Å². The van der Waals surface area contributed by atoms with Gasteiger partial charge in [0.15, 0.2) is 0 Å². The van der Waals surface area contributed by atoms with Gasteiger partial charge in [0.05, 0.1) is 12.5 Å². The molecule has 0 aromatic heterocycles. The Bertz CT molecular complexity index is 414. The average molecular weight is 262 g/mol. The molecule has 0 spiro atoms. The number of piperidine rings is 1. The van der Waals surface area contributed by atoms with E-state index < -0.39 is 0 Å². The Morgan fingerprint density at radius 1 is 1.53 bits per heavy atom. The second kappa shape index (κ2) is 7.14. The molecule has 0 radical (unpaired) electrons. The lowest BCUT2D eigenvalue weighted by atomic mass is 9.99. The number of carbonyl (C=O) groups is 1. The molecule has 1 aromatic carbocycles. The first-order chi connectivity index (χ1) is 9.29. The van der Waals surface area contributed by atoms with Crippen LogP contribution in [-0.4, -0.2) is 25.6 Å². The van der Waals surface area contributed by atoms with Crippen molar-refractivity contribution in [2.75, 3.05) is 25.0 Å². The largest absolute Gasteiger partial charge is 0.494 e. The normalized spacial score (nSPS) is 18.9. The van der Waals surface area contributed by atoms with Crippen molar-refractivity contribution in [3.8, 4) is 5.75 Å². The predicted octanol–water partition coefficient (Wildman–Crippen LogP) is 2.41. The van der Waals surface area contributed by atoms with Crippen LogP contribution in [0.25, 0.3) is 0 Å². The number of benzene rings is 1. The zero-order chi connectivity index (χ0) is 13.5. The minimum absolute atomic E-state index is 0.0777. The molecule has 1 amide bonds. The third-order valence-corrected chi connectivity index (χ3v) is 3.24. The van der Waals surface area contributed by atoms with Gasteiger partial charge in [0.1, 0.15) is 5.75 Å². The van der Waals surface area contributed by atoms with Crippen LogP contribution in [0.4, 0.5) is 5.69 Å². The Morgan fingerprint density at radius 2 is 2.42 bits per heavy atom. The molecule has 19 heavy (non-hydrogen) atoms. The lowest BCUT2D eigenvalue weighted by Crippen LogP contribution is -2.37. The van der Waals surface area contributed by atoms with Crippen LogP contribution in [0.2, 0.25) is 0 Å². The summed E-state index contributed by atoms with van der Waals surface area (Å²) in [7, 11) is 0. The second-order valence-electron chi connectivity index (χ2n) is 4.91. The maximum Gasteiger partial charge on any atom is 0.228 e. The van der Waals surface area contributed by atoms with Crippen molar-refractivity contribution in [2.45, 2.75) is 26.2 Å². The van der Waals surface area contributed by atoms with Crippen molar-refractivity contribution >= 4 is 11.6 Å². The maximum absolute atomic E-state index is 12.1. The van der Waals surface area contributed by atoms with Crippen LogP contribution in [0.15, 0.2) is 24.3 Å². The fourth-order valence-electron chi connectivity index (χ4n) is 2.20. The van der Waals surface area contributed by atoms with Gasteiger partial charge >= 0.3 is 0 Å². The summed E-state index contributed by atoms with van der Waals surface area (Å²) in [6.07, 6.45) is 3.01. The standard InChI is InChI=1S/C15H22N2O2/c1-2-9-19-14-7-3-6-13(10-14)17-15(18)12-5-4-8-16-11-12/h3,6-7,10,12,16H,2,4-5,8-9,11H2,1H3,(H,17,18)/t12-/m0/s1. The van der Waals surface area contributed by atoms with Gasteiger partial charge in [0.2, 0.25) is 5.91 Å². The number of anilines is 1. The van der Waals surface area contributed by atoms with Crippen LogP contribution >= 0.6 is 0 Å². The molecule has 4 heteroatoms. The molecule has 1 fully saturated rings. The zero-order valence-electron chi connectivity index (χ0n) is 11.4. The van der Waals surface area contributed by atoms with Crippen LogP contribution in [0.1, 0.15) is 26.2 Å². The maximum atomic E-state index is 12.1. The summed E-state index contributed by atoms with van der Waals surface area (Å²) in [4.78, 5) is 12.1. The Balaban J connectivity index is 1.92. The summed E-state index contributed by atoms with van der Waals surface area (Å²) in [5, 5.41) is 6.22. The minimum atomic E-state index is 0.0777. The summed E-state index contributed by atoms with van der Waals surface area (Å²) >= 11 is 0. The number of hydrogen-bond donors (Lipinski definition) is 2. The molecule has 1 atom stereocenters. The topological polar surface area (TPSA) is 50.4 Å². The molecule has 0 saturated carbocycles. The van der Waals surface area contributed by atoms with Gasteiger partial charge in [0.25, 0.3) is 0 Å². The molecule has 104 valence electrons. The molecule has 1 heterocycles. The van der Waals surface area contributed by atoms with E-state index in [1.54, 1.807) is 0 Å². The molecule has 0 bridgehead atoms. The minimum Gasteiger partial charge on any atom is -0.494 e. The first-order valence-electron chi connectivity index (χ1n) is 7.04. The van der Waals surface area contributed by atoms with Crippen molar-refractivity contribution in [1.29, 1.82) is 0 Å². The van der Waals surface area contributed by atoms with E-state index in [4.69, 9.17) is 4.74 Å². The highest BCUT2D eigenvalue weighted by atomic mass is 16.5. The van der Waals surface area contributed by atoms with Crippen molar-refractivity contribution in [3.05, 3.63) is 24.3 Å². The number of rotatable bonds is 5. The van der Waals surface area contributed by atoms with E-state index in [-0.39, 0.29) is 11.8 Å². The smallest absolute Gasteiger partial charge is 0.228 e. The van der Waals surface area contributed by atoms with Gasteiger partial charge in [0, 0.05) is 18.3 Å². The average Bonchev–Trinajstić information content (AvgIpc) is 2.46. The van der Waals surface area contributed by atoms with Crippen molar-refractivity contribution in [3.63, 3.8) is 0 Å². The molecule has 1 aromatic rings. The van der Waals surface area contributed by atoms with Gasteiger partial charge < -0.3 is 15.4 Å². The molecular formula is C15H22N2O2. The van der Waals surface area contributed by atoms with Gasteiger partial charge in [-0.3, -0.25) is 4.79 Å². The third-order valence-electron chi connectivity index (χ3n) is 3.24. The van der Waals surface area contributed by atoms with Crippen LogP contribution in [-0.2, 0) is 4.79 Å². The first-order valence-corrected chi connectivity index (χ1v) is 7.04. The van der Waals surface area contributed by atoms with E-state index in [2.05, 4.69) is 17.6 Å². The molecule has 0 aliphatic carbocycles. The molecule has 0 unspecified atom stereocenters. The first kappa shape index (κ1) is 13.9. The Hall–Kier alpha value is -1.55. The Labute approximate surface area is 114 Å². The lowest BCUT2D eigenvalue weighted by molar-refractivity contribution is -0.120. The quantitative estimate of drug-likeness (QED) is 0.856. The summed E-state index contributed by atoms with van der Waals surface area (Å²) in [6.45, 7) is 4.56. The fourth-order valence-corrected chi connectivity index (χ4v) is 2.20. The molecule has 2 rings (SSSR count). The zero-order valence-corrected chi connectivity index (χ0v) is 11.4. The summed E-state index contributed by atoms with van der Waals surface area (Å²) in [5.41, 5.74) is 0.809. The molecule has 1 aliphatic heterocycles.